The minimum Gasteiger partial charge on any atom is -0.382 e. The van der Waals surface area contributed by atoms with Gasteiger partial charge in [0.1, 0.15) is 17.8 Å². The van der Waals surface area contributed by atoms with Gasteiger partial charge in [0.05, 0.1) is 6.33 Å². The van der Waals surface area contributed by atoms with Crippen LogP contribution in [-0.2, 0) is 7.05 Å². The SMILES string of the molecule is CC[Si]1(CC)CCCN1c1c2ncnc-2ncn1C. The number of rotatable bonds is 3. The smallest absolute Gasteiger partial charge is 0.184 e. The van der Waals surface area contributed by atoms with Gasteiger partial charge in [-0.3, -0.25) is 0 Å². The summed E-state index contributed by atoms with van der Waals surface area (Å²) in [5.74, 6) is 2.01. The van der Waals surface area contributed by atoms with Gasteiger partial charge in [0, 0.05) is 13.6 Å². The number of fused-ring (bicyclic) bond motifs is 1. The lowest BCUT2D eigenvalue weighted by atomic mass is 10.3. The van der Waals surface area contributed by atoms with Crippen molar-refractivity contribution in [1.82, 2.24) is 19.5 Å². The standard InChI is InChI=1S/C13H21N5Si/c1-4-19(5-2)8-6-7-18(19)13-11-12(15-9-14-11)16-10-17(13)3/h9-10H,4-8H2,1-3H3. The molecule has 19 heavy (non-hydrogen) atoms. The summed E-state index contributed by atoms with van der Waals surface area (Å²) in [6.45, 7) is 5.86. The molecule has 0 N–H and O–H groups in total. The molecular formula is C13H21N5Si. The molecule has 0 amide bonds. The van der Waals surface area contributed by atoms with E-state index in [1.165, 1.54) is 30.4 Å². The highest BCUT2D eigenvalue weighted by Gasteiger charge is 2.43. The molecule has 0 aliphatic carbocycles. The maximum Gasteiger partial charge on any atom is 0.184 e. The molecule has 1 saturated heterocycles. The van der Waals surface area contributed by atoms with Crippen molar-refractivity contribution in [3.8, 4) is 11.5 Å². The Morgan fingerprint density at radius 2 is 2.00 bits per heavy atom. The Bertz CT molecular complexity index is 548. The maximum atomic E-state index is 4.44. The first-order valence-corrected chi connectivity index (χ1v) is 9.68. The van der Waals surface area contributed by atoms with E-state index in [2.05, 4.69) is 45.0 Å². The van der Waals surface area contributed by atoms with Crippen molar-refractivity contribution in [2.45, 2.75) is 38.4 Å². The van der Waals surface area contributed by atoms with Crippen molar-refractivity contribution in [1.29, 1.82) is 0 Å². The van der Waals surface area contributed by atoms with Crippen molar-refractivity contribution in [2.24, 2.45) is 7.05 Å². The molecule has 0 aromatic heterocycles. The van der Waals surface area contributed by atoms with Gasteiger partial charge in [-0.15, -0.1) is 0 Å². The third-order valence-corrected chi connectivity index (χ3v) is 10.1. The fourth-order valence-electron chi connectivity index (χ4n) is 3.45. The van der Waals surface area contributed by atoms with Gasteiger partial charge in [0.2, 0.25) is 0 Å². The van der Waals surface area contributed by atoms with Crippen LogP contribution in [0.1, 0.15) is 20.3 Å². The molecule has 3 heterocycles. The Morgan fingerprint density at radius 1 is 1.21 bits per heavy atom. The largest absolute Gasteiger partial charge is 0.382 e. The quantitative estimate of drug-likeness (QED) is 0.808. The Balaban J connectivity index is 2.14. The normalized spacial score (nSPS) is 18.4. The topological polar surface area (TPSA) is 46.8 Å². The molecule has 3 aliphatic rings. The van der Waals surface area contributed by atoms with Gasteiger partial charge in [0.25, 0.3) is 0 Å². The Morgan fingerprint density at radius 3 is 2.74 bits per heavy atom. The molecule has 0 spiro atoms. The Hall–Kier alpha value is -1.43. The van der Waals surface area contributed by atoms with E-state index in [1.54, 1.807) is 6.33 Å². The van der Waals surface area contributed by atoms with E-state index in [0.29, 0.717) is 0 Å². The fraction of sp³-hybridized carbons (Fsp3) is 0.615. The first-order valence-electron chi connectivity index (χ1n) is 7.11. The average Bonchev–Trinajstić information content (AvgIpc) is 3.05. The highest BCUT2D eigenvalue weighted by Crippen LogP contribution is 2.39. The summed E-state index contributed by atoms with van der Waals surface area (Å²) >= 11 is 0. The van der Waals surface area contributed by atoms with E-state index in [-0.39, 0.29) is 0 Å². The summed E-state index contributed by atoms with van der Waals surface area (Å²) in [6, 6.07) is 4.01. The van der Waals surface area contributed by atoms with E-state index in [1.807, 2.05) is 6.33 Å². The van der Waals surface area contributed by atoms with Crippen molar-refractivity contribution < 1.29 is 0 Å². The molecule has 3 aliphatic heterocycles. The molecule has 102 valence electrons. The number of hydrogen-bond acceptors (Lipinski definition) is 4. The highest BCUT2D eigenvalue weighted by atomic mass is 28.3. The van der Waals surface area contributed by atoms with Crippen LogP contribution in [0.5, 0.6) is 0 Å². The van der Waals surface area contributed by atoms with Gasteiger partial charge in [-0.2, -0.15) is 0 Å². The van der Waals surface area contributed by atoms with Gasteiger partial charge in [-0.05, 0) is 24.6 Å². The van der Waals surface area contributed by atoms with Crippen LogP contribution in [0.25, 0.3) is 11.5 Å². The van der Waals surface area contributed by atoms with Crippen molar-refractivity contribution >= 4 is 14.1 Å². The maximum absolute atomic E-state index is 4.44. The van der Waals surface area contributed by atoms with E-state index < -0.39 is 8.24 Å². The molecule has 6 heteroatoms. The van der Waals surface area contributed by atoms with E-state index in [9.17, 15) is 0 Å². The van der Waals surface area contributed by atoms with Crippen LogP contribution in [-0.4, -0.2) is 34.3 Å². The number of aryl methyl sites for hydroxylation is 1. The lowest BCUT2D eigenvalue weighted by Gasteiger charge is -2.38. The second kappa shape index (κ2) is 4.59. The van der Waals surface area contributed by atoms with Crippen LogP contribution >= 0.6 is 0 Å². The summed E-state index contributed by atoms with van der Waals surface area (Å²) < 4.78 is 4.79. The fourth-order valence-corrected chi connectivity index (χ4v) is 7.85. The molecular weight excluding hydrogens is 254 g/mol. The monoisotopic (exact) mass is 275 g/mol. The zero-order valence-corrected chi connectivity index (χ0v) is 12.9. The molecule has 0 radical (unpaired) electrons. The van der Waals surface area contributed by atoms with Crippen LogP contribution < -0.4 is 4.57 Å². The summed E-state index contributed by atoms with van der Waals surface area (Å²) in [6.07, 6.45) is 4.80. The van der Waals surface area contributed by atoms with Gasteiger partial charge in [0.15, 0.2) is 14.1 Å². The summed E-state index contributed by atoms with van der Waals surface area (Å²) in [7, 11) is 0.713. The van der Waals surface area contributed by atoms with Crippen LogP contribution in [0, 0.1) is 0 Å². The number of nitrogens with zero attached hydrogens (tertiary/aromatic N) is 5. The molecule has 0 unspecified atom stereocenters. The molecule has 0 aromatic rings. The molecule has 0 atom stereocenters. The first-order chi connectivity index (χ1) is 9.22. The van der Waals surface area contributed by atoms with Gasteiger partial charge >= 0.3 is 0 Å². The summed E-state index contributed by atoms with van der Waals surface area (Å²) in [5.41, 5.74) is 0.964. The third-order valence-electron chi connectivity index (χ3n) is 4.65. The number of anilines is 1. The molecule has 5 nitrogen and oxygen atoms in total. The first kappa shape index (κ1) is 12.6. The molecule has 0 aromatic carbocycles. The second-order valence-corrected chi connectivity index (χ2v) is 10.3. The number of imidazole rings is 1. The van der Waals surface area contributed by atoms with Gasteiger partial charge in [-0.1, -0.05) is 13.8 Å². The number of hydrogen-bond donors (Lipinski definition) is 0. The highest BCUT2D eigenvalue weighted by molar-refractivity contribution is 6.84. The Kier molecular flexibility index (Phi) is 3.04. The van der Waals surface area contributed by atoms with E-state index in [4.69, 9.17) is 0 Å². The average molecular weight is 275 g/mol. The minimum atomic E-state index is -1.36. The molecule has 0 saturated carbocycles. The zero-order chi connectivity index (χ0) is 13.5. The van der Waals surface area contributed by atoms with Crippen LogP contribution in [0.3, 0.4) is 0 Å². The third kappa shape index (κ3) is 1.77. The van der Waals surface area contributed by atoms with Gasteiger partial charge in [-0.25, -0.2) is 15.0 Å². The Labute approximate surface area is 115 Å². The number of aromatic nitrogens is 4. The van der Waals surface area contributed by atoms with Crippen LogP contribution in [0.15, 0.2) is 12.7 Å². The molecule has 3 rings (SSSR count). The lowest BCUT2D eigenvalue weighted by Crippen LogP contribution is -2.49. The summed E-state index contributed by atoms with van der Waals surface area (Å²) in [5, 5.41) is 0. The minimum absolute atomic E-state index is 0.773. The summed E-state index contributed by atoms with van der Waals surface area (Å²) in [4.78, 5) is 13.0. The molecule has 1 fully saturated rings. The van der Waals surface area contributed by atoms with E-state index >= 15 is 0 Å². The van der Waals surface area contributed by atoms with Crippen LogP contribution in [0.4, 0.5) is 5.82 Å². The van der Waals surface area contributed by atoms with E-state index in [0.717, 1.165) is 18.1 Å². The lowest BCUT2D eigenvalue weighted by molar-refractivity contribution is 0.825. The van der Waals surface area contributed by atoms with Crippen molar-refractivity contribution in [2.75, 3.05) is 11.1 Å². The van der Waals surface area contributed by atoms with Crippen LogP contribution in [0.2, 0.25) is 18.1 Å². The van der Waals surface area contributed by atoms with Crippen molar-refractivity contribution in [3.63, 3.8) is 0 Å². The van der Waals surface area contributed by atoms with Gasteiger partial charge < -0.3 is 9.13 Å². The second-order valence-electron chi connectivity index (χ2n) is 5.41. The predicted molar refractivity (Wildman–Crippen MR) is 78.9 cm³/mol. The zero-order valence-electron chi connectivity index (χ0n) is 11.9. The van der Waals surface area contributed by atoms with Crippen molar-refractivity contribution in [3.05, 3.63) is 12.7 Å². The molecule has 0 bridgehead atoms. The predicted octanol–water partition coefficient (Wildman–Crippen LogP) is 2.51.